The van der Waals surface area contributed by atoms with E-state index < -0.39 is 5.97 Å². The highest BCUT2D eigenvalue weighted by Crippen LogP contribution is 2.27. The van der Waals surface area contributed by atoms with E-state index in [4.69, 9.17) is 23.2 Å². The number of aromatic carboxylic acids is 1. The van der Waals surface area contributed by atoms with Crippen molar-refractivity contribution in [2.75, 3.05) is 5.75 Å². The molecule has 7 heteroatoms. The second-order valence-electron chi connectivity index (χ2n) is 6.04. The van der Waals surface area contributed by atoms with Crippen LogP contribution in [0.15, 0.2) is 53.7 Å². The summed E-state index contributed by atoms with van der Waals surface area (Å²) in [4.78, 5) is 16.2. The van der Waals surface area contributed by atoms with Crippen molar-refractivity contribution in [3.05, 3.63) is 81.1 Å². The van der Waals surface area contributed by atoms with Gasteiger partial charge in [0, 0.05) is 15.8 Å². The molecule has 27 heavy (non-hydrogen) atoms. The molecule has 0 aliphatic rings. The number of halogens is 2. The standard InChI is InChI=1S/C20H18Cl2N2O2S/c1-13-18(19(25)26)24(12-15-11-16(21)7-8-17(15)22)20(23-13)27-10-9-14-5-3-2-4-6-14/h2-8,11H,9-10,12H2,1H3,(H,25,26). The molecule has 0 bridgehead atoms. The molecule has 2 aromatic carbocycles. The molecule has 0 spiro atoms. The van der Waals surface area contributed by atoms with Gasteiger partial charge in [0.1, 0.15) is 0 Å². The van der Waals surface area contributed by atoms with Gasteiger partial charge >= 0.3 is 5.97 Å². The predicted molar refractivity (Wildman–Crippen MR) is 110 cm³/mol. The summed E-state index contributed by atoms with van der Waals surface area (Å²) in [5.74, 6) is -0.212. The molecule has 140 valence electrons. The number of rotatable bonds is 7. The van der Waals surface area contributed by atoms with E-state index in [2.05, 4.69) is 17.1 Å². The normalized spacial score (nSPS) is 10.9. The molecule has 0 fully saturated rings. The molecule has 4 nitrogen and oxygen atoms in total. The molecule has 3 rings (SSSR count). The molecule has 1 heterocycles. The summed E-state index contributed by atoms with van der Waals surface area (Å²) in [5, 5.41) is 11.4. The summed E-state index contributed by atoms with van der Waals surface area (Å²) in [5.41, 5.74) is 2.65. The van der Waals surface area contributed by atoms with Crippen LogP contribution in [-0.4, -0.2) is 26.4 Å². The summed E-state index contributed by atoms with van der Waals surface area (Å²) in [6.45, 7) is 2.01. The lowest BCUT2D eigenvalue weighted by molar-refractivity contribution is 0.0684. The summed E-state index contributed by atoms with van der Waals surface area (Å²) in [7, 11) is 0. The first-order valence-corrected chi connectivity index (χ1v) is 10.1. The minimum absolute atomic E-state index is 0.174. The van der Waals surface area contributed by atoms with Gasteiger partial charge in [-0.2, -0.15) is 0 Å². The van der Waals surface area contributed by atoms with E-state index in [9.17, 15) is 9.90 Å². The van der Waals surface area contributed by atoms with Crippen LogP contribution in [0, 0.1) is 6.92 Å². The molecule has 0 saturated carbocycles. The Morgan fingerprint density at radius 3 is 2.63 bits per heavy atom. The number of thioether (sulfide) groups is 1. The summed E-state index contributed by atoms with van der Waals surface area (Å²) in [6.07, 6.45) is 0.873. The third-order valence-electron chi connectivity index (χ3n) is 4.11. The maximum Gasteiger partial charge on any atom is 0.354 e. The maximum atomic E-state index is 11.8. The van der Waals surface area contributed by atoms with Gasteiger partial charge in [0.05, 0.1) is 12.2 Å². The zero-order valence-electron chi connectivity index (χ0n) is 14.7. The van der Waals surface area contributed by atoms with Gasteiger partial charge in [-0.15, -0.1) is 0 Å². The third kappa shape index (κ3) is 4.86. The molecule has 0 radical (unpaired) electrons. The fraction of sp³-hybridized carbons (Fsp3) is 0.200. The van der Waals surface area contributed by atoms with Crippen molar-refractivity contribution in [3.8, 4) is 0 Å². The van der Waals surface area contributed by atoms with E-state index in [0.29, 0.717) is 27.4 Å². The lowest BCUT2D eigenvalue weighted by atomic mass is 10.2. The Bertz CT molecular complexity index is 958. The van der Waals surface area contributed by atoms with Crippen molar-refractivity contribution in [3.63, 3.8) is 0 Å². The number of carboxylic acids is 1. The number of carbonyl (C=O) groups is 1. The van der Waals surface area contributed by atoms with Crippen LogP contribution in [-0.2, 0) is 13.0 Å². The Morgan fingerprint density at radius 1 is 1.19 bits per heavy atom. The van der Waals surface area contributed by atoms with Crippen LogP contribution in [0.2, 0.25) is 10.0 Å². The van der Waals surface area contributed by atoms with Gasteiger partial charge in [-0.3, -0.25) is 0 Å². The molecule has 0 amide bonds. The highest BCUT2D eigenvalue weighted by atomic mass is 35.5. The lowest BCUT2D eigenvalue weighted by Crippen LogP contribution is -2.12. The van der Waals surface area contributed by atoms with Gasteiger partial charge in [-0.05, 0) is 42.7 Å². The Hall–Kier alpha value is -1.95. The molecule has 0 unspecified atom stereocenters. The van der Waals surface area contributed by atoms with Crippen molar-refractivity contribution >= 4 is 40.9 Å². The van der Waals surface area contributed by atoms with Gasteiger partial charge < -0.3 is 9.67 Å². The summed E-state index contributed by atoms with van der Waals surface area (Å²) in [6, 6.07) is 15.3. The van der Waals surface area contributed by atoms with E-state index in [-0.39, 0.29) is 5.69 Å². The Labute approximate surface area is 172 Å². The van der Waals surface area contributed by atoms with Crippen LogP contribution in [0.25, 0.3) is 0 Å². The minimum Gasteiger partial charge on any atom is -0.477 e. The molecule has 0 atom stereocenters. The monoisotopic (exact) mass is 420 g/mol. The highest BCUT2D eigenvalue weighted by molar-refractivity contribution is 7.99. The number of benzene rings is 2. The first-order chi connectivity index (χ1) is 13.0. The molecule has 0 aliphatic carbocycles. The van der Waals surface area contributed by atoms with Crippen molar-refractivity contribution in [1.82, 2.24) is 9.55 Å². The average molecular weight is 421 g/mol. The SMILES string of the molecule is Cc1nc(SCCc2ccccc2)n(Cc2cc(Cl)ccc2Cl)c1C(=O)O. The zero-order valence-corrected chi connectivity index (χ0v) is 17.0. The number of aryl methyl sites for hydroxylation is 2. The number of aromatic nitrogens is 2. The van der Waals surface area contributed by atoms with Gasteiger partial charge in [-0.1, -0.05) is 65.3 Å². The summed E-state index contributed by atoms with van der Waals surface area (Å²) >= 11 is 13.9. The highest BCUT2D eigenvalue weighted by Gasteiger charge is 2.21. The Balaban J connectivity index is 1.86. The Kier molecular flexibility index (Phi) is 6.47. The van der Waals surface area contributed by atoms with E-state index >= 15 is 0 Å². The Morgan fingerprint density at radius 2 is 1.93 bits per heavy atom. The molecule has 1 N–H and O–H groups in total. The quantitative estimate of drug-likeness (QED) is 0.506. The van der Waals surface area contributed by atoms with Crippen LogP contribution >= 0.6 is 35.0 Å². The second-order valence-corrected chi connectivity index (χ2v) is 7.95. The number of hydrogen-bond acceptors (Lipinski definition) is 3. The lowest BCUT2D eigenvalue weighted by Gasteiger charge is -2.12. The van der Waals surface area contributed by atoms with Crippen LogP contribution in [0.5, 0.6) is 0 Å². The summed E-state index contributed by atoms with van der Waals surface area (Å²) < 4.78 is 1.70. The molecule has 1 aromatic heterocycles. The van der Waals surface area contributed by atoms with Crippen molar-refractivity contribution in [2.24, 2.45) is 0 Å². The van der Waals surface area contributed by atoms with Crippen LogP contribution in [0.4, 0.5) is 0 Å². The van der Waals surface area contributed by atoms with Gasteiger partial charge in [-0.25, -0.2) is 9.78 Å². The van der Waals surface area contributed by atoms with Crippen LogP contribution < -0.4 is 0 Å². The fourth-order valence-electron chi connectivity index (χ4n) is 2.81. The predicted octanol–water partition coefficient (Wildman–Crippen LogP) is 5.58. The van der Waals surface area contributed by atoms with Crippen molar-refractivity contribution in [2.45, 2.75) is 25.0 Å². The van der Waals surface area contributed by atoms with E-state index in [1.54, 1.807) is 29.7 Å². The molecule has 0 aliphatic heterocycles. The maximum absolute atomic E-state index is 11.8. The third-order valence-corrected chi connectivity index (χ3v) is 5.69. The number of hydrogen-bond donors (Lipinski definition) is 1. The van der Waals surface area contributed by atoms with Gasteiger partial charge in [0.15, 0.2) is 10.9 Å². The number of nitrogens with zero attached hydrogens (tertiary/aromatic N) is 2. The molecular formula is C20H18Cl2N2O2S. The van der Waals surface area contributed by atoms with E-state index in [1.165, 1.54) is 17.3 Å². The number of carboxylic acid groups (broad SMARTS) is 1. The van der Waals surface area contributed by atoms with Crippen molar-refractivity contribution < 1.29 is 9.90 Å². The smallest absolute Gasteiger partial charge is 0.354 e. The number of imidazole rings is 1. The second kappa shape index (κ2) is 8.83. The first kappa shape index (κ1) is 19.8. The fourth-order valence-corrected chi connectivity index (χ4v) is 4.22. The zero-order chi connectivity index (χ0) is 19.4. The van der Waals surface area contributed by atoms with E-state index in [1.807, 2.05) is 18.2 Å². The molecular weight excluding hydrogens is 403 g/mol. The van der Waals surface area contributed by atoms with Crippen LogP contribution in [0.3, 0.4) is 0 Å². The van der Waals surface area contributed by atoms with Crippen LogP contribution in [0.1, 0.15) is 27.3 Å². The minimum atomic E-state index is -1.01. The largest absolute Gasteiger partial charge is 0.477 e. The average Bonchev–Trinajstić information content (AvgIpc) is 2.94. The van der Waals surface area contributed by atoms with Gasteiger partial charge in [0.25, 0.3) is 0 Å². The molecule has 0 saturated heterocycles. The molecule has 3 aromatic rings. The first-order valence-electron chi connectivity index (χ1n) is 8.36. The van der Waals surface area contributed by atoms with Crippen molar-refractivity contribution in [1.29, 1.82) is 0 Å². The van der Waals surface area contributed by atoms with E-state index in [0.717, 1.165) is 17.7 Å². The van der Waals surface area contributed by atoms with Gasteiger partial charge in [0.2, 0.25) is 0 Å². The topological polar surface area (TPSA) is 55.1 Å².